The predicted octanol–water partition coefficient (Wildman–Crippen LogP) is 2.46. The van der Waals surface area contributed by atoms with Gasteiger partial charge in [-0.3, -0.25) is 0 Å². The standard InChI is InChI=1S/C12H16N2OS/c1-9-7-16-8-10(9)11(15)3-4-12-13-5-6-14(12)2/h5-8,11,15H,3-4H2,1-2H3. The van der Waals surface area contributed by atoms with Crippen LogP contribution in [0.4, 0.5) is 0 Å². The second-order valence-corrected chi connectivity index (χ2v) is 4.76. The van der Waals surface area contributed by atoms with Gasteiger partial charge in [-0.15, -0.1) is 0 Å². The number of rotatable bonds is 4. The molecule has 1 atom stereocenters. The number of hydrogen-bond acceptors (Lipinski definition) is 3. The highest BCUT2D eigenvalue weighted by Gasteiger charge is 2.12. The van der Waals surface area contributed by atoms with Crippen LogP contribution in [0.25, 0.3) is 0 Å². The highest BCUT2D eigenvalue weighted by Crippen LogP contribution is 2.24. The summed E-state index contributed by atoms with van der Waals surface area (Å²) in [5.41, 5.74) is 2.23. The maximum Gasteiger partial charge on any atom is 0.108 e. The van der Waals surface area contributed by atoms with E-state index in [0.29, 0.717) is 0 Å². The number of hydrogen-bond donors (Lipinski definition) is 1. The molecule has 1 unspecified atom stereocenters. The Hall–Kier alpha value is -1.13. The lowest BCUT2D eigenvalue weighted by Crippen LogP contribution is -2.03. The van der Waals surface area contributed by atoms with Crippen LogP contribution in [0.3, 0.4) is 0 Å². The number of nitrogens with zero attached hydrogens (tertiary/aromatic N) is 2. The summed E-state index contributed by atoms with van der Waals surface area (Å²) in [6, 6.07) is 0. The number of aryl methyl sites for hydroxylation is 3. The third-order valence-corrected chi connectivity index (χ3v) is 3.70. The van der Waals surface area contributed by atoms with Gasteiger partial charge in [0.1, 0.15) is 5.82 Å². The van der Waals surface area contributed by atoms with Crippen molar-refractivity contribution in [3.05, 3.63) is 40.1 Å². The molecule has 4 heteroatoms. The number of thiophene rings is 1. The highest BCUT2D eigenvalue weighted by molar-refractivity contribution is 7.08. The maximum atomic E-state index is 10.0. The lowest BCUT2D eigenvalue weighted by atomic mass is 10.0. The van der Waals surface area contributed by atoms with Crippen molar-refractivity contribution in [2.45, 2.75) is 25.9 Å². The smallest absolute Gasteiger partial charge is 0.108 e. The average molecular weight is 236 g/mol. The summed E-state index contributed by atoms with van der Waals surface area (Å²) in [6.07, 6.45) is 4.88. The minimum atomic E-state index is -0.372. The molecule has 16 heavy (non-hydrogen) atoms. The number of imidazole rings is 1. The van der Waals surface area contributed by atoms with Crippen molar-refractivity contribution in [2.24, 2.45) is 7.05 Å². The zero-order valence-electron chi connectivity index (χ0n) is 9.55. The summed E-state index contributed by atoms with van der Waals surface area (Å²) < 4.78 is 1.99. The Balaban J connectivity index is 1.97. The van der Waals surface area contributed by atoms with E-state index in [1.165, 1.54) is 5.56 Å². The lowest BCUT2D eigenvalue weighted by molar-refractivity contribution is 0.166. The van der Waals surface area contributed by atoms with Crippen molar-refractivity contribution in [1.82, 2.24) is 9.55 Å². The molecular weight excluding hydrogens is 220 g/mol. The van der Waals surface area contributed by atoms with E-state index in [-0.39, 0.29) is 6.10 Å². The Kier molecular flexibility index (Phi) is 3.41. The zero-order valence-corrected chi connectivity index (χ0v) is 10.4. The van der Waals surface area contributed by atoms with E-state index >= 15 is 0 Å². The van der Waals surface area contributed by atoms with E-state index in [2.05, 4.69) is 10.4 Å². The van der Waals surface area contributed by atoms with Gasteiger partial charge in [0.05, 0.1) is 6.10 Å². The van der Waals surface area contributed by atoms with E-state index in [9.17, 15) is 5.11 Å². The van der Waals surface area contributed by atoms with Crippen molar-refractivity contribution in [2.75, 3.05) is 0 Å². The Bertz CT molecular complexity index is 461. The lowest BCUT2D eigenvalue weighted by Gasteiger charge is -2.10. The maximum absolute atomic E-state index is 10.0. The van der Waals surface area contributed by atoms with Crippen LogP contribution < -0.4 is 0 Å². The zero-order chi connectivity index (χ0) is 11.5. The Morgan fingerprint density at radius 2 is 2.31 bits per heavy atom. The van der Waals surface area contributed by atoms with Gasteiger partial charge in [-0.1, -0.05) is 0 Å². The van der Waals surface area contributed by atoms with E-state index in [1.54, 1.807) is 17.5 Å². The van der Waals surface area contributed by atoms with Gasteiger partial charge in [-0.25, -0.2) is 4.98 Å². The van der Waals surface area contributed by atoms with Crippen LogP contribution in [0.5, 0.6) is 0 Å². The van der Waals surface area contributed by atoms with Crippen molar-refractivity contribution in [1.29, 1.82) is 0 Å². The van der Waals surface area contributed by atoms with Crippen LogP contribution in [-0.2, 0) is 13.5 Å². The van der Waals surface area contributed by atoms with Gasteiger partial charge < -0.3 is 9.67 Å². The molecule has 2 aromatic heterocycles. The van der Waals surface area contributed by atoms with Crippen LogP contribution >= 0.6 is 11.3 Å². The number of aromatic nitrogens is 2. The van der Waals surface area contributed by atoms with E-state index in [4.69, 9.17) is 0 Å². The van der Waals surface area contributed by atoms with Crippen molar-refractivity contribution in [3.8, 4) is 0 Å². The van der Waals surface area contributed by atoms with Crippen LogP contribution in [0.1, 0.15) is 29.5 Å². The largest absolute Gasteiger partial charge is 0.388 e. The van der Waals surface area contributed by atoms with E-state index in [1.807, 2.05) is 30.1 Å². The fourth-order valence-electron chi connectivity index (χ4n) is 1.77. The molecule has 0 amide bonds. The molecule has 0 radical (unpaired) electrons. The molecular formula is C12H16N2OS. The average Bonchev–Trinajstić information content (AvgIpc) is 2.84. The third-order valence-electron chi connectivity index (χ3n) is 2.82. The fraction of sp³-hybridized carbons (Fsp3) is 0.417. The highest BCUT2D eigenvalue weighted by atomic mass is 32.1. The summed E-state index contributed by atoms with van der Waals surface area (Å²) in [4.78, 5) is 4.25. The normalized spacial score (nSPS) is 12.9. The first-order chi connectivity index (χ1) is 7.68. The monoisotopic (exact) mass is 236 g/mol. The minimum absolute atomic E-state index is 0.372. The van der Waals surface area contributed by atoms with Crippen LogP contribution in [0.15, 0.2) is 23.2 Å². The van der Waals surface area contributed by atoms with Crippen LogP contribution in [0.2, 0.25) is 0 Å². The summed E-state index contributed by atoms with van der Waals surface area (Å²) in [5, 5.41) is 14.1. The molecule has 1 N–H and O–H groups in total. The second kappa shape index (κ2) is 4.80. The first kappa shape index (κ1) is 11.4. The molecule has 0 aliphatic carbocycles. The quantitative estimate of drug-likeness (QED) is 0.885. The molecule has 0 fully saturated rings. The van der Waals surface area contributed by atoms with Crippen LogP contribution in [-0.4, -0.2) is 14.7 Å². The molecule has 2 aromatic rings. The molecule has 0 aliphatic heterocycles. The first-order valence-electron chi connectivity index (χ1n) is 5.35. The molecule has 0 saturated heterocycles. The molecule has 0 spiro atoms. The van der Waals surface area contributed by atoms with Crippen molar-refractivity contribution >= 4 is 11.3 Å². The summed E-state index contributed by atoms with van der Waals surface area (Å²) >= 11 is 1.64. The van der Waals surface area contributed by atoms with Gasteiger partial charge >= 0.3 is 0 Å². The molecule has 0 aliphatic rings. The molecule has 0 saturated carbocycles. The Morgan fingerprint density at radius 3 is 2.88 bits per heavy atom. The van der Waals surface area contributed by atoms with Crippen molar-refractivity contribution < 1.29 is 5.11 Å². The Morgan fingerprint density at radius 1 is 1.50 bits per heavy atom. The van der Waals surface area contributed by atoms with Crippen LogP contribution in [0, 0.1) is 6.92 Å². The van der Waals surface area contributed by atoms with Gasteiger partial charge in [-0.2, -0.15) is 11.3 Å². The topological polar surface area (TPSA) is 38.1 Å². The third kappa shape index (κ3) is 2.33. The Labute approximate surface area is 99.4 Å². The SMILES string of the molecule is Cc1cscc1C(O)CCc1nccn1C. The molecule has 2 heterocycles. The van der Waals surface area contributed by atoms with Gasteiger partial charge in [0, 0.05) is 25.9 Å². The first-order valence-corrected chi connectivity index (χ1v) is 6.29. The van der Waals surface area contributed by atoms with Gasteiger partial charge in [0.15, 0.2) is 0 Å². The fourth-order valence-corrected chi connectivity index (χ4v) is 2.67. The molecule has 2 rings (SSSR count). The summed E-state index contributed by atoms with van der Waals surface area (Å²) in [5.74, 6) is 1.02. The summed E-state index contributed by atoms with van der Waals surface area (Å²) in [7, 11) is 1.98. The van der Waals surface area contributed by atoms with E-state index in [0.717, 1.165) is 24.2 Å². The molecule has 3 nitrogen and oxygen atoms in total. The predicted molar refractivity (Wildman–Crippen MR) is 65.5 cm³/mol. The van der Waals surface area contributed by atoms with Gasteiger partial charge in [0.25, 0.3) is 0 Å². The van der Waals surface area contributed by atoms with Gasteiger partial charge in [0.2, 0.25) is 0 Å². The number of aliphatic hydroxyl groups excluding tert-OH is 1. The molecule has 0 aromatic carbocycles. The summed E-state index contributed by atoms with van der Waals surface area (Å²) in [6.45, 7) is 2.04. The second-order valence-electron chi connectivity index (χ2n) is 4.02. The molecule has 86 valence electrons. The number of aliphatic hydroxyl groups is 1. The minimum Gasteiger partial charge on any atom is -0.388 e. The van der Waals surface area contributed by atoms with Gasteiger partial charge in [-0.05, 0) is 35.2 Å². The van der Waals surface area contributed by atoms with Crippen molar-refractivity contribution in [3.63, 3.8) is 0 Å². The van der Waals surface area contributed by atoms with E-state index < -0.39 is 0 Å². The molecule has 0 bridgehead atoms.